The zero-order valence-electron chi connectivity index (χ0n) is 10.1. The molecule has 1 atom stereocenters. The molecule has 17 heavy (non-hydrogen) atoms. The maximum atomic E-state index is 10.7. The Bertz CT molecular complexity index is 429. The number of hydrogen-bond acceptors (Lipinski definition) is 1. The van der Waals surface area contributed by atoms with E-state index >= 15 is 0 Å². The van der Waals surface area contributed by atoms with Crippen molar-refractivity contribution in [1.29, 1.82) is 0 Å². The predicted molar refractivity (Wildman–Crippen MR) is 68.1 cm³/mol. The Morgan fingerprint density at radius 3 is 2.71 bits per heavy atom. The van der Waals surface area contributed by atoms with Crippen molar-refractivity contribution >= 4 is 5.97 Å². The molecule has 1 saturated carbocycles. The van der Waals surface area contributed by atoms with Gasteiger partial charge >= 0.3 is 5.97 Å². The quantitative estimate of drug-likeness (QED) is 0.787. The van der Waals surface area contributed by atoms with Gasteiger partial charge in [-0.2, -0.15) is 0 Å². The molecule has 2 nitrogen and oxygen atoms in total. The van der Waals surface area contributed by atoms with Gasteiger partial charge in [-0.15, -0.1) is 0 Å². The minimum atomic E-state index is -0.815. The van der Waals surface area contributed by atoms with Gasteiger partial charge in [-0.1, -0.05) is 35.4 Å². The lowest BCUT2D eigenvalue weighted by Crippen LogP contribution is -2.08. The zero-order valence-corrected chi connectivity index (χ0v) is 10.1. The van der Waals surface area contributed by atoms with Gasteiger partial charge in [0.15, 0.2) is 0 Å². The van der Waals surface area contributed by atoms with Crippen LogP contribution < -0.4 is 0 Å². The summed E-state index contributed by atoms with van der Waals surface area (Å²) in [6.45, 7) is 2.08. The molecule has 1 aromatic carbocycles. The number of aliphatic carboxylic acids is 1. The normalized spacial score (nSPS) is 22.6. The van der Waals surface area contributed by atoms with Gasteiger partial charge < -0.3 is 5.11 Å². The highest BCUT2D eigenvalue weighted by atomic mass is 16.4. The molecule has 0 heterocycles. The van der Waals surface area contributed by atoms with Crippen LogP contribution in [0.15, 0.2) is 35.9 Å². The van der Waals surface area contributed by atoms with E-state index in [0.29, 0.717) is 5.92 Å². The Morgan fingerprint density at radius 2 is 2.06 bits per heavy atom. The number of carboxylic acids is 1. The third kappa shape index (κ3) is 3.19. The standard InChI is InChI=1S/C15H18O2/c1-11-5-7-13(8-6-11)14-4-2-3-12(9-14)10-15(16)17/h5-8,10,14H,2-4,9H2,1H3,(H,16,17)/b12-10+/t14-/m0/s1. The number of rotatable bonds is 2. The van der Waals surface area contributed by atoms with Crippen LogP contribution in [-0.4, -0.2) is 11.1 Å². The Hall–Kier alpha value is -1.57. The second-order valence-electron chi connectivity index (χ2n) is 4.84. The van der Waals surface area contributed by atoms with Crippen molar-refractivity contribution in [2.45, 2.75) is 38.5 Å². The largest absolute Gasteiger partial charge is 0.478 e. The van der Waals surface area contributed by atoms with Crippen molar-refractivity contribution in [3.05, 3.63) is 47.0 Å². The highest BCUT2D eigenvalue weighted by Crippen LogP contribution is 2.35. The summed E-state index contributed by atoms with van der Waals surface area (Å²) >= 11 is 0. The SMILES string of the molecule is Cc1ccc([C@H]2CCC/C(=C\C(=O)O)C2)cc1. The molecule has 1 aromatic rings. The fourth-order valence-corrected chi connectivity index (χ4v) is 2.52. The van der Waals surface area contributed by atoms with E-state index in [1.165, 1.54) is 23.6 Å². The Kier molecular flexibility index (Phi) is 3.62. The van der Waals surface area contributed by atoms with Crippen LogP contribution in [0.1, 0.15) is 42.7 Å². The first kappa shape index (κ1) is 11.9. The fraction of sp³-hybridized carbons (Fsp3) is 0.400. The van der Waals surface area contributed by atoms with Gasteiger partial charge in [-0.3, -0.25) is 0 Å². The van der Waals surface area contributed by atoms with E-state index in [1.807, 2.05) is 0 Å². The number of hydrogen-bond donors (Lipinski definition) is 1. The van der Waals surface area contributed by atoms with E-state index in [4.69, 9.17) is 5.11 Å². The summed E-state index contributed by atoms with van der Waals surface area (Å²) in [6, 6.07) is 8.60. The van der Waals surface area contributed by atoms with E-state index in [9.17, 15) is 4.79 Å². The summed E-state index contributed by atoms with van der Waals surface area (Å²) < 4.78 is 0. The molecule has 0 aromatic heterocycles. The fourth-order valence-electron chi connectivity index (χ4n) is 2.52. The lowest BCUT2D eigenvalue weighted by atomic mass is 9.81. The Balaban J connectivity index is 2.12. The highest BCUT2D eigenvalue weighted by Gasteiger charge is 2.19. The van der Waals surface area contributed by atoms with Crippen molar-refractivity contribution in [2.75, 3.05) is 0 Å². The van der Waals surface area contributed by atoms with Gasteiger partial charge in [0.25, 0.3) is 0 Å². The summed E-state index contributed by atoms with van der Waals surface area (Å²) in [5.41, 5.74) is 3.69. The van der Waals surface area contributed by atoms with E-state index in [2.05, 4.69) is 31.2 Å². The Morgan fingerprint density at radius 1 is 1.35 bits per heavy atom. The van der Waals surface area contributed by atoms with Crippen LogP contribution in [0.5, 0.6) is 0 Å². The van der Waals surface area contributed by atoms with Crippen LogP contribution in [0.4, 0.5) is 0 Å². The molecule has 0 amide bonds. The molecule has 0 radical (unpaired) electrons. The molecule has 0 aliphatic heterocycles. The van der Waals surface area contributed by atoms with Crippen LogP contribution in [0.25, 0.3) is 0 Å². The highest BCUT2D eigenvalue weighted by molar-refractivity contribution is 5.80. The minimum absolute atomic E-state index is 0.495. The molecule has 0 unspecified atom stereocenters. The molecule has 2 heteroatoms. The first-order valence-corrected chi connectivity index (χ1v) is 6.14. The van der Waals surface area contributed by atoms with Crippen molar-refractivity contribution in [3.8, 4) is 0 Å². The van der Waals surface area contributed by atoms with Crippen LogP contribution in [0.2, 0.25) is 0 Å². The third-order valence-corrected chi connectivity index (χ3v) is 3.44. The maximum absolute atomic E-state index is 10.7. The van der Waals surface area contributed by atoms with Crippen molar-refractivity contribution in [2.24, 2.45) is 0 Å². The van der Waals surface area contributed by atoms with Gasteiger partial charge in [0.2, 0.25) is 0 Å². The van der Waals surface area contributed by atoms with E-state index in [1.54, 1.807) is 0 Å². The molecule has 1 aliphatic carbocycles. The summed E-state index contributed by atoms with van der Waals surface area (Å²) in [5, 5.41) is 8.78. The third-order valence-electron chi connectivity index (χ3n) is 3.44. The molecule has 1 fully saturated rings. The van der Waals surface area contributed by atoms with Gasteiger partial charge in [0.1, 0.15) is 0 Å². The van der Waals surface area contributed by atoms with E-state index in [0.717, 1.165) is 24.8 Å². The molecule has 0 saturated heterocycles. The zero-order chi connectivity index (χ0) is 12.3. The number of allylic oxidation sites excluding steroid dienone is 1. The van der Waals surface area contributed by atoms with Gasteiger partial charge in [-0.05, 0) is 44.1 Å². The molecule has 90 valence electrons. The van der Waals surface area contributed by atoms with Crippen LogP contribution >= 0.6 is 0 Å². The first-order chi connectivity index (χ1) is 8.15. The number of carbonyl (C=O) groups is 1. The second kappa shape index (κ2) is 5.17. The molecule has 0 bridgehead atoms. The smallest absolute Gasteiger partial charge is 0.328 e. The molecule has 2 rings (SSSR count). The van der Waals surface area contributed by atoms with Crippen molar-refractivity contribution in [1.82, 2.24) is 0 Å². The molecule has 0 spiro atoms. The minimum Gasteiger partial charge on any atom is -0.478 e. The number of benzene rings is 1. The lowest BCUT2D eigenvalue weighted by molar-refractivity contribution is -0.131. The number of carboxylic acid groups (broad SMARTS) is 1. The molecular weight excluding hydrogens is 212 g/mol. The predicted octanol–water partition coefficient (Wildman–Crippen LogP) is 3.66. The second-order valence-corrected chi connectivity index (χ2v) is 4.84. The molecule has 1 aliphatic rings. The van der Waals surface area contributed by atoms with Crippen LogP contribution in [0.3, 0.4) is 0 Å². The maximum Gasteiger partial charge on any atom is 0.328 e. The summed E-state index contributed by atoms with van der Waals surface area (Å²) in [5.74, 6) is -0.320. The first-order valence-electron chi connectivity index (χ1n) is 6.14. The van der Waals surface area contributed by atoms with Gasteiger partial charge in [-0.25, -0.2) is 4.79 Å². The summed E-state index contributed by atoms with van der Waals surface area (Å²) in [7, 11) is 0. The summed E-state index contributed by atoms with van der Waals surface area (Å²) in [6.07, 6.45) is 5.49. The van der Waals surface area contributed by atoms with Crippen LogP contribution in [-0.2, 0) is 4.79 Å². The summed E-state index contributed by atoms with van der Waals surface area (Å²) in [4.78, 5) is 10.7. The Labute approximate surface area is 102 Å². The topological polar surface area (TPSA) is 37.3 Å². The molecule has 1 N–H and O–H groups in total. The van der Waals surface area contributed by atoms with Crippen molar-refractivity contribution < 1.29 is 9.90 Å². The van der Waals surface area contributed by atoms with Gasteiger partial charge in [0.05, 0.1) is 0 Å². The molecular formula is C15H18O2. The average molecular weight is 230 g/mol. The lowest BCUT2D eigenvalue weighted by Gasteiger charge is -2.24. The van der Waals surface area contributed by atoms with E-state index < -0.39 is 5.97 Å². The average Bonchev–Trinajstić information content (AvgIpc) is 2.29. The van der Waals surface area contributed by atoms with Crippen LogP contribution in [0, 0.1) is 6.92 Å². The van der Waals surface area contributed by atoms with Gasteiger partial charge in [0, 0.05) is 6.08 Å². The van der Waals surface area contributed by atoms with Crippen molar-refractivity contribution in [3.63, 3.8) is 0 Å². The monoisotopic (exact) mass is 230 g/mol. The number of aryl methyl sites for hydroxylation is 1. The van der Waals surface area contributed by atoms with E-state index in [-0.39, 0.29) is 0 Å².